The van der Waals surface area contributed by atoms with Crippen molar-refractivity contribution in [3.05, 3.63) is 34.7 Å². The molecule has 5 nitrogen and oxygen atoms in total. The zero-order valence-electron chi connectivity index (χ0n) is 12.6. The zero-order valence-corrected chi connectivity index (χ0v) is 13.4. The molecule has 0 aromatic carbocycles. The highest BCUT2D eigenvalue weighted by molar-refractivity contribution is 6.30. The van der Waals surface area contributed by atoms with Crippen LogP contribution in [0, 0.1) is 6.92 Å². The minimum Gasteiger partial charge on any atom is -0.396 e. The van der Waals surface area contributed by atoms with Gasteiger partial charge >= 0.3 is 0 Å². The van der Waals surface area contributed by atoms with Crippen LogP contribution >= 0.6 is 11.6 Å². The summed E-state index contributed by atoms with van der Waals surface area (Å²) in [7, 11) is 0. The summed E-state index contributed by atoms with van der Waals surface area (Å²) in [6.07, 6.45) is 5.49. The molecule has 118 valence electrons. The summed E-state index contributed by atoms with van der Waals surface area (Å²) in [5, 5.41) is 9.84. The Morgan fingerprint density at radius 2 is 2.32 bits per heavy atom. The average Bonchev–Trinajstić information content (AvgIpc) is 2.82. The number of aromatic nitrogens is 2. The number of nitrogens with zero attached hydrogens (tertiary/aromatic N) is 3. The highest BCUT2D eigenvalue weighted by Gasteiger charge is 2.30. The van der Waals surface area contributed by atoms with E-state index in [2.05, 4.69) is 4.98 Å². The molecule has 3 rings (SSSR count). The first-order valence-corrected chi connectivity index (χ1v) is 8.05. The summed E-state index contributed by atoms with van der Waals surface area (Å²) in [6, 6.07) is 3.63. The van der Waals surface area contributed by atoms with Crippen LogP contribution in [0.2, 0.25) is 5.02 Å². The second-order valence-electron chi connectivity index (χ2n) is 5.78. The maximum atomic E-state index is 13.0. The molecule has 0 bridgehead atoms. The second-order valence-corrected chi connectivity index (χ2v) is 6.22. The Morgan fingerprint density at radius 1 is 1.50 bits per heavy atom. The minimum absolute atomic E-state index is 0.00882. The van der Waals surface area contributed by atoms with E-state index in [4.69, 9.17) is 11.6 Å². The monoisotopic (exact) mass is 321 g/mol. The Morgan fingerprint density at radius 3 is 3.09 bits per heavy atom. The van der Waals surface area contributed by atoms with Gasteiger partial charge in [0.15, 0.2) is 0 Å². The van der Waals surface area contributed by atoms with E-state index in [0.717, 1.165) is 25.8 Å². The number of rotatable bonds is 3. The molecule has 1 amide bonds. The fourth-order valence-electron chi connectivity index (χ4n) is 3.25. The van der Waals surface area contributed by atoms with Crippen LogP contribution in [0.15, 0.2) is 18.3 Å². The molecule has 1 saturated heterocycles. The van der Waals surface area contributed by atoms with E-state index in [1.807, 2.05) is 11.8 Å². The third kappa shape index (κ3) is 2.71. The lowest BCUT2D eigenvalue weighted by atomic mass is 9.99. The largest absolute Gasteiger partial charge is 0.396 e. The fraction of sp³-hybridized carbons (Fsp3) is 0.500. The highest BCUT2D eigenvalue weighted by Crippen LogP contribution is 2.24. The number of likely N-dealkylation sites (tertiary alicyclic amines) is 1. The maximum Gasteiger partial charge on any atom is 0.273 e. The van der Waals surface area contributed by atoms with Gasteiger partial charge in [-0.1, -0.05) is 11.6 Å². The molecule has 0 radical (unpaired) electrons. The van der Waals surface area contributed by atoms with Crippen LogP contribution in [0.3, 0.4) is 0 Å². The summed E-state index contributed by atoms with van der Waals surface area (Å²) in [6.45, 7) is 2.69. The van der Waals surface area contributed by atoms with Gasteiger partial charge in [0.2, 0.25) is 0 Å². The van der Waals surface area contributed by atoms with Crippen molar-refractivity contribution >= 4 is 23.2 Å². The van der Waals surface area contributed by atoms with Crippen LogP contribution in [-0.2, 0) is 0 Å². The van der Waals surface area contributed by atoms with Gasteiger partial charge < -0.3 is 10.0 Å². The van der Waals surface area contributed by atoms with Gasteiger partial charge in [0.1, 0.15) is 11.3 Å². The van der Waals surface area contributed by atoms with Gasteiger partial charge in [-0.2, -0.15) is 0 Å². The van der Waals surface area contributed by atoms with E-state index >= 15 is 0 Å². The van der Waals surface area contributed by atoms with Gasteiger partial charge in [0.25, 0.3) is 5.91 Å². The van der Waals surface area contributed by atoms with E-state index in [1.54, 1.807) is 22.7 Å². The lowest BCUT2D eigenvalue weighted by Crippen LogP contribution is -2.44. The lowest BCUT2D eigenvalue weighted by Gasteiger charge is -2.35. The molecular weight excluding hydrogens is 302 g/mol. The molecule has 2 aromatic heterocycles. The number of aliphatic hydroxyl groups excluding tert-OH is 1. The molecule has 2 aromatic rings. The summed E-state index contributed by atoms with van der Waals surface area (Å²) < 4.78 is 1.80. The molecule has 1 aliphatic heterocycles. The Labute approximate surface area is 134 Å². The molecule has 3 heterocycles. The van der Waals surface area contributed by atoms with Crippen LogP contribution in [0.4, 0.5) is 0 Å². The first kappa shape index (κ1) is 15.3. The van der Waals surface area contributed by atoms with Crippen LogP contribution in [0.5, 0.6) is 0 Å². The number of aliphatic hydroxyl groups is 1. The highest BCUT2D eigenvalue weighted by atomic mass is 35.5. The third-order valence-corrected chi connectivity index (χ3v) is 4.55. The van der Waals surface area contributed by atoms with Crippen LogP contribution in [0.25, 0.3) is 5.65 Å². The maximum absolute atomic E-state index is 13.0. The number of halogens is 1. The topological polar surface area (TPSA) is 57.8 Å². The number of hydrogen-bond acceptors (Lipinski definition) is 3. The predicted molar refractivity (Wildman–Crippen MR) is 85.3 cm³/mol. The minimum atomic E-state index is -0.00882. The Kier molecular flexibility index (Phi) is 4.36. The number of pyridine rings is 1. The SMILES string of the molecule is Cc1nc2cc(Cl)ccn2c1C(=O)N1CCCCC1CCO. The summed E-state index contributed by atoms with van der Waals surface area (Å²) in [5.74, 6) is -0.00882. The average molecular weight is 322 g/mol. The Balaban J connectivity index is 1.99. The van der Waals surface area contributed by atoms with Crippen molar-refractivity contribution in [3.8, 4) is 0 Å². The van der Waals surface area contributed by atoms with Crippen molar-refractivity contribution in [3.63, 3.8) is 0 Å². The lowest BCUT2D eigenvalue weighted by molar-refractivity contribution is 0.0567. The summed E-state index contributed by atoms with van der Waals surface area (Å²) in [4.78, 5) is 19.4. The number of amides is 1. The Bertz CT molecular complexity index is 696. The molecule has 0 spiro atoms. The molecule has 22 heavy (non-hydrogen) atoms. The number of aryl methyl sites for hydroxylation is 1. The van der Waals surface area contributed by atoms with Crippen molar-refractivity contribution in [1.82, 2.24) is 14.3 Å². The number of hydrogen-bond donors (Lipinski definition) is 1. The van der Waals surface area contributed by atoms with Gasteiger partial charge in [-0.15, -0.1) is 0 Å². The molecule has 1 aliphatic rings. The van der Waals surface area contributed by atoms with Crippen molar-refractivity contribution < 1.29 is 9.90 Å². The summed E-state index contributed by atoms with van der Waals surface area (Å²) >= 11 is 6.00. The van der Waals surface area contributed by atoms with Gasteiger partial charge in [0, 0.05) is 36.5 Å². The zero-order chi connectivity index (χ0) is 15.7. The number of fused-ring (bicyclic) bond motifs is 1. The summed E-state index contributed by atoms with van der Waals surface area (Å²) in [5.41, 5.74) is 1.99. The third-order valence-electron chi connectivity index (χ3n) is 4.32. The van der Waals surface area contributed by atoms with Crippen LogP contribution < -0.4 is 0 Å². The number of imidazole rings is 1. The smallest absolute Gasteiger partial charge is 0.273 e. The van der Waals surface area contributed by atoms with E-state index in [0.29, 0.717) is 28.5 Å². The number of carbonyl (C=O) groups excluding carboxylic acids is 1. The molecule has 0 saturated carbocycles. The molecule has 0 aliphatic carbocycles. The molecule has 1 unspecified atom stereocenters. The van der Waals surface area contributed by atoms with Gasteiger partial charge in [-0.05, 0) is 38.7 Å². The molecule has 6 heteroatoms. The van der Waals surface area contributed by atoms with E-state index in [-0.39, 0.29) is 18.6 Å². The normalized spacial score (nSPS) is 18.9. The van der Waals surface area contributed by atoms with E-state index in [1.165, 1.54) is 0 Å². The quantitative estimate of drug-likeness (QED) is 0.945. The fourth-order valence-corrected chi connectivity index (χ4v) is 3.40. The number of carbonyl (C=O) groups is 1. The van der Waals surface area contributed by atoms with Gasteiger partial charge in [0.05, 0.1) is 5.69 Å². The van der Waals surface area contributed by atoms with Crippen molar-refractivity contribution in [2.24, 2.45) is 0 Å². The number of piperidine rings is 1. The molecular formula is C16H20ClN3O2. The van der Waals surface area contributed by atoms with Crippen LogP contribution in [0.1, 0.15) is 41.9 Å². The molecule has 1 N–H and O–H groups in total. The van der Waals surface area contributed by atoms with Crippen LogP contribution in [-0.4, -0.2) is 44.5 Å². The first-order chi connectivity index (χ1) is 10.6. The van der Waals surface area contributed by atoms with Gasteiger partial charge in [-0.3, -0.25) is 9.20 Å². The van der Waals surface area contributed by atoms with Crippen molar-refractivity contribution in [1.29, 1.82) is 0 Å². The van der Waals surface area contributed by atoms with E-state index < -0.39 is 0 Å². The van der Waals surface area contributed by atoms with Crippen molar-refractivity contribution in [2.75, 3.05) is 13.2 Å². The van der Waals surface area contributed by atoms with E-state index in [9.17, 15) is 9.90 Å². The van der Waals surface area contributed by atoms with Gasteiger partial charge in [-0.25, -0.2) is 4.98 Å². The Hall–Kier alpha value is -1.59. The molecule has 1 atom stereocenters. The first-order valence-electron chi connectivity index (χ1n) is 7.68. The second kappa shape index (κ2) is 6.26. The molecule has 1 fully saturated rings. The predicted octanol–water partition coefficient (Wildman–Crippen LogP) is 2.67. The standard InChI is InChI=1S/C16H20ClN3O2/c1-11-15(20-8-5-12(17)10-14(20)18-11)16(22)19-7-3-2-4-13(19)6-9-21/h5,8,10,13,21H,2-4,6-7,9H2,1H3. The van der Waals surface area contributed by atoms with Crippen molar-refractivity contribution in [2.45, 2.75) is 38.6 Å².